The molecule has 0 aliphatic heterocycles. The van der Waals surface area contributed by atoms with Gasteiger partial charge in [-0.05, 0) is 13.0 Å². The third kappa shape index (κ3) is 1.91. The maximum Gasteiger partial charge on any atom is 0.310 e. The van der Waals surface area contributed by atoms with Gasteiger partial charge in [-0.15, -0.1) is 0 Å². The van der Waals surface area contributed by atoms with E-state index >= 15 is 0 Å². The van der Waals surface area contributed by atoms with E-state index in [0.29, 0.717) is 17.6 Å². The van der Waals surface area contributed by atoms with Gasteiger partial charge in [0.05, 0.1) is 19.3 Å². The molecule has 4 heteroatoms. The highest BCUT2D eigenvalue weighted by Gasteiger charge is 2.12. The Balaban J connectivity index is 2.32. The van der Waals surface area contributed by atoms with Crippen LogP contribution in [0.15, 0.2) is 28.9 Å². The zero-order valence-electron chi connectivity index (χ0n) is 8.83. The number of ether oxygens (including phenoxy) is 1. The van der Waals surface area contributed by atoms with Crippen molar-refractivity contribution in [3.63, 3.8) is 0 Å². The molecule has 0 aliphatic carbocycles. The lowest BCUT2D eigenvalue weighted by atomic mass is 10.1. The van der Waals surface area contributed by atoms with E-state index in [1.807, 2.05) is 0 Å². The van der Waals surface area contributed by atoms with Crippen LogP contribution in [0.25, 0.3) is 11.0 Å². The highest BCUT2D eigenvalue weighted by molar-refractivity contribution is 5.86. The fourth-order valence-electron chi connectivity index (χ4n) is 1.58. The van der Waals surface area contributed by atoms with Crippen molar-refractivity contribution < 1.29 is 18.3 Å². The van der Waals surface area contributed by atoms with Crippen LogP contribution in [-0.2, 0) is 16.0 Å². The third-order valence-electron chi connectivity index (χ3n) is 2.27. The first-order valence-corrected chi connectivity index (χ1v) is 5.02. The van der Waals surface area contributed by atoms with E-state index in [2.05, 4.69) is 0 Å². The molecule has 84 valence electrons. The van der Waals surface area contributed by atoms with Gasteiger partial charge >= 0.3 is 5.97 Å². The van der Waals surface area contributed by atoms with Gasteiger partial charge in [0.25, 0.3) is 0 Å². The van der Waals surface area contributed by atoms with Crippen LogP contribution < -0.4 is 0 Å². The maximum absolute atomic E-state index is 13.3. The van der Waals surface area contributed by atoms with Crippen LogP contribution in [0.3, 0.4) is 0 Å². The van der Waals surface area contributed by atoms with E-state index in [1.54, 1.807) is 19.1 Å². The molecule has 0 saturated heterocycles. The molecule has 0 N–H and O–H groups in total. The highest BCUT2D eigenvalue weighted by atomic mass is 19.1. The summed E-state index contributed by atoms with van der Waals surface area (Å²) in [5.41, 5.74) is 0.828. The second-order valence-electron chi connectivity index (χ2n) is 3.36. The summed E-state index contributed by atoms with van der Waals surface area (Å²) in [7, 11) is 0. The molecular formula is C12H11FO3. The SMILES string of the molecule is CCOC(=O)Cc1coc2c(F)cccc12. The molecule has 0 spiro atoms. The Kier molecular flexibility index (Phi) is 2.90. The Morgan fingerprint density at radius 2 is 2.31 bits per heavy atom. The van der Waals surface area contributed by atoms with Crippen molar-refractivity contribution in [2.75, 3.05) is 6.61 Å². The molecule has 0 saturated carbocycles. The summed E-state index contributed by atoms with van der Waals surface area (Å²) >= 11 is 0. The Morgan fingerprint density at radius 1 is 1.50 bits per heavy atom. The van der Waals surface area contributed by atoms with Gasteiger partial charge in [-0.25, -0.2) is 4.39 Å². The zero-order valence-corrected chi connectivity index (χ0v) is 8.83. The molecule has 1 aromatic carbocycles. The lowest BCUT2D eigenvalue weighted by Gasteiger charge is -1.99. The topological polar surface area (TPSA) is 39.4 Å². The number of fused-ring (bicyclic) bond motifs is 1. The number of benzene rings is 1. The number of rotatable bonds is 3. The second kappa shape index (κ2) is 4.35. The summed E-state index contributed by atoms with van der Waals surface area (Å²) < 4.78 is 23.2. The van der Waals surface area contributed by atoms with Gasteiger partial charge < -0.3 is 9.15 Å². The summed E-state index contributed by atoms with van der Waals surface area (Å²) in [6.45, 7) is 2.08. The standard InChI is InChI=1S/C12H11FO3/c1-2-15-11(14)6-8-7-16-12-9(8)4-3-5-10(12)13/h3-5,7H,2,6H2,1H3. The van der Waals surface area contributed by atoms with Gasteiger partial charge in [0.15, 0.2) is 11.4 Å². The first kappa shape index (κ1) is 10.7. The summed E-state index contributed by atoms with van der Waals surface area (Å²) in [5, 5.41) is 0.619. The number of carbonyl (C=O) groups excluding carboxylic acids is 1. The predicted octanol–water partition coefficient (Wildman–Crippen LogP) is 2.68. The number of furan rings is 1. The number of hydrogen-bond donors (Lipinski definition) is 0. The quantitative estimate of drug-likeness (QED) is 0.749. The largest absolute Gasteiger partial charge is 0.466 e. The molecule has 0 radical (unpaired) electrons. The lowest BCUT2D eigenvalue weighted by Crippen LogP contribution is -2.06. The molecule has 1 heterocycles. The Hall–Kier alpha value is -1.84. The minimum absolute atomic E-state index is 0.101. The summed E-state index contributed by atoms with van der Waals surface area (Å²) in [5.74, 6) is -0.762. The zero-order chi connectivity index (χ0) is 11.5. The molecule has 0 fully saturated rings. The molecule has 0 unspecified atom stereocenters. The van der Waals surface area contributed by atoms with Gasteiger partial charge in [-0.3, -0.25) is 4.79 Å². The van der Waals surface area contributed by atoms with Crippen LogP contribution in [0.2, 0.25) is 0 Å². The van der Waals surface area contributed by atoms with Crippen LogP contribution in [0, 0.1) is 5.82 Å². The second-order valence-corrected chi connectivity index (χ2v) is 3.36. The van der Waals surface area contributed by atoms with Gasteiger partial charge in [0.1, 0.15) is 0 Å². The predicted molar refractivity (Wildman–Crippen MR) is 56.5 cm³/mol. The smallest absolute Gasteiger partial charge is 0.310 e. The van der Waals surface area contributed by atoms with Crippen molar-refractivity contribution in [2.24, 2.45) is 0 Å². The number of para-hydroxylation sites is 1. The lowest BCUT2D eigenvalue weighted by molar-refractivity contribution is -0.142. The monoisotopic (exact) mass is 222 g/mol. The summed E-state index contributed by atoms with van der Waals surface area (Å²) in [6.07, 6.45) is 1.49. The molecular weight excluding hydrogens is 211 g/mol. The van der Waals surface area contributed by atoms with E-state index in [-0.39, 0.29) is 18.0 Å². The normalized spacial score (nSPS) is 10.6. The highest BCUT2D eigenvalue weighted by Crippen LogP contribution is 2.24. The number of hydrogen-bond acceptors (Lipinski definition) is 3. The molecule has 16 heavy (non-hydrogen) atoms. The van der Waals surface area contributed by atoms with Crippen molar-refractivity contribution in [2.45, 2.75) is 13.3 Å². The van der Waals surface area contributed by atoms with Crippen molar-refractivity contribution in [1.82, 2.24) is 0 Å². The van der Waals surface area contributed by atoms with E-state index in [0.717, 1.165) is 0 Å². The van der Waals surface area contributed by atoms with E-state index in [4.69, 9.17) is 9.15 Å². The van der Waals surface area contributed by atoms with E-state index in [9.17, 15) is 9.18 Å². The van der Waals surface area contributed by atoms with Crippen molar-refractivity contribution in [1.29, 1.82) is 0 Å². The molecule has 0 bridgehead atoms. The first-order valence-electron chi connectivity index (χ1n) is 5.02. The van der Waals surface area contributed by atoms with Gasteiger partial charge in [-0.2, -0.15) is 0 Å². The van der Waals surface area contributed by atoms with Gasteiger partial charge in [0.2, 0.25) is 0 Å². The minimum Gasteiger partial charge on any atom is -0.466 e. The average molecular weight is 222 g/mol. The van der Waals surface area contributed by atoms with E-state index < -0.39 is 5.82 Å². The fraction of sp³-hybridized carbons (Fsp3) is 0.250. The van der Waals surface area contributed by atoms with Crippen molar-refractivity contribution in [3.8, 4) is 0 Å². The van der Waals surface area contributed by atoms with Crippen LogP contribution in [0.4, 0.5) is 4.39 Å². The Morgan fingerprint density at radius 3 is 3.06 bits per heavy atom. The maximum atomic E-state index is 13.3. The Labute approximate surface area is 91.8 Å². The first-order chi connectivity index (χ1) is 7.72. The third-order valence-corrected chi connectivity index (χ3v) is 2.27. The minimum atomic E-state index is -0.424. The summed E-state index contributed by atoms with van der Waals surface area (Å²) in [4.78, 5) is 11.3. The summed E-state index contributed by atoms with van der Waals surface area (Å²) in [6, 6.07) is 4.62. The average Bonchev–Trinajstić information content (AvgIpc) is 2.64. The Bertz CT molecular complexity index is 516. The number of esters is 1. The van der Waals surface area contributed by atoms with Crippen LogP contribution >= 0.6 is 0 Å². The number of halogens is 1. The molecule has 3 nitrogen and oxygen atoms in total. The van der Waals surface area contributed by atoms with Crippen LogP contribution in [0.5, 0.6) is 0 Å². The molecule has 0 amide bonds. The van der Waals surface area contributed by atoms with Crippen LogP contribution in [-0.4, -0.2) is 12.6 Å². The van der Waals surface area contributed by atoms with Gasteiger partial charge in [0, 0.05) is 10.9 Å². The molecule has 2 rings (SSSR count). The molecule has 0 aliphatic rings. The van der Waals surface area contributed by atoms with Gasteiger partial charge in [-0.1, -0.05) is 12.1 Å². The van der Waals surface area contributed by atoms with Crippen molar-refractivity contribution in [3.05, 3.63) is 35.8 Å². The van der Waals surface area contributed by atoms with E-state index in [1.165, 1.54) is 12.3 Å². The molecule has 0 atom stereocenters. The number of carbonyl (C=O) groups is 1. The molecule has 2 aromatic rings. The van der Waals surface area contributed by atoms with Crippen molar-refractivity contribution >= 4 is 16.9 Å². The molecule has 1 aromatic heterocycles. The fourth-order valence-corrected chi connectivity index (χ4v) is 1.58. The van der Waals surface area contributed by atoms with Crippen LogP contribution in [0.1, 0.15) is 12.5 Å².